The highest BCUT2D eigenvalue weighted by atomic mass is 16.5. The lowest BCUT2D eigenvalue weighted by molar-refractivity contribution is 0.220. The SMILES string of the molecule is c1ccc(Cn2nnnc2CN2CCc3onc(-c4ccccc4)c3C2)cc1. The predicted molar refractivity (Wildman–Crippen MR) is 103 cm³/mol. The molecule has 0 aliphatic carbocycles. The first-order chi connectivity index (χ1) is 13.9. The van der Waals surface area contributed by atoms with E-state index in [-0.39, 0.29) is 0 Å². The van der Waals surface area contributed by atoms with E-state index in [9.17, 15) is 0 Å². The molecule has 7 nitrogen and oxygen atoms in total. The van der Waals surface area contributed by atoms with Crippen LogP contribution in [0.25, 0.3) is 11.3 Å². The van der Waals surface area contributed by atoms with Gasteiger partial charge >= 0.3 is 0 Å². The molecule has 0 radical (unpaired) electrons. The van der Waals surface area contributed by atoms with Gasteiger partial charge in [0.25, 0.3) is 0 Å². The Hall–Kier alpha value is -3.32. The Kier molecular flexibility index (Phi) is 4.42. The van der Waals surface area contributed by atoms with Crippen molar-refractivity contribution in [3.8, 4) is 11.3 Å². The molecule has 2 aromatic carbocycles. The molecule has 0 amide bonds. The summed E-state index contributed by atoms with van der Waals surface area (Å²) >= 11 is 0. The topological polar surface area (TPSA) is 72.9 Å². The number of benzene rings is 2. The molecule has 0 N–H and O–H groups in total. The molecule has 0 atom stereocenters. The second-order valence-electron chi connectivity index (χ2n) is 7.00. The van der Waals surface area contributed by atoms with Crippen LogP contribution < -0.4 is 0 Å². The van der Waals surface area contributed by atoms with Crippen molar-refractivity contribution >= 4 is 0 Å². The minimum absolute atomic E-state index is 0.671. The van der Waals surface area contributed by atoms with Crippen molar-refractivity contribution in [2.75, 3.05) is 6.54 Å². The van der Waals surface area contributed by atoms with Crippen molar-refractivity contribution in [1.29, 1.82) is 0 Å². The average Bonchev–Trinajstić information content (AvgIpc) is 3.36. The Balaban J connectivity index is 1.34. The van der Waals surface area contributed by atoms with Crippen molar-refractivity contribution in [2.24, 2.45) is 0 Å². The van der Waals surface area contributed by atoms with Crippen LogP contribution in [-0.4, -0.2) is 36.8 Å². The van der Waals surface area contributed by atoms with E-state index in [1.54, 1.807) is 0 Å². The van der Waals surface area contributed by atoms with Crippen molar-refractivity contribution in [2.45, 2.75) is 26.1 Å². The summed E-state index contributed by atoms with van der Waals surface area (Å²) in [5.41, 5.74) is 4.37. The average molecular weight is 372 g/mol. The summed E-state index contributed by atoms with van der Waals surface area (Å²) in [5.74, 6) is 1.85. The Labute approximate surface area is 162 Å². The third-order valence-corrected chi connectivity index (χ3v) is 5.10. The van der Waals surface area contributed by atoms with Gasteiger partial charge in [-0.05, 0) is 16.0 Å². The zero-order valence-electron chi connectivity index (χ0n) is 15.4. The molecule has 7 heteroatoms. The largest absolute Gasteiger partial charge is 0.360 e. The molecule has 3 heterocycles. The first kappa shape index (κ1) is 16.8. The molecule has 0 saturated heterocycles. The van der Waals surface area contributed by atoms with Crippen LogP contribution in [0.1, 0.15) is 22.7 Å². The van der Waals surface area contributed by atoms with Gasteiger partial charge in [-0.1, -0.05) is 65.8 Å². The van der Waals surface area contributed by atoms with Crippen LogP contribution in [0.5, 0.6) is 0 Å². The minimum atomic E-state index is 0.671. The quantitative estimate of drug-likeness (QED) is 0.536. The second-order valence-corrected chi connectivity index (χ2v) is 7.00. The fourth-order valence-electron chi connectivity index (χ4n) is 3.64. The summed E-state index contributed by atoms with van der Waals surface area (Å²) in [6.45, 7) is 3.04. The van der Waals surface area contributed by atoms with Crippen molar-refractivity contribution in [1.82, 2.24) is 30.3 Å². The maximum absolute atomic E-state index is 5.61. The van der Waals surface area contributed by atoms with Gasteiger partial charge in [-0.3, -0.25) is 4.90 Å². The standard InChI is InChI=1S/C21H20N6O/c1-3-7-16(8-4-1)13-27-20(22-24-25-27)15-26-12-11-19-18(14-26)21(23-28-19)17-9-5-2-6-10-17/h1-10H,11-15H2. The molecular formula is C21H20N6O. The third-order valence-electron chi connectivity index (χ3n) is 5.10. The maximum Gasteiger partial charge on any atom is 0.165 e. The molecule has 0 bridgehead atoms. The van der Waals surface area contributed by atoms with Crippen LogP contribution in [0.4, 0.5) is 0 Å². The van der Waals surface area contributed by atoms with E-state index in [2.05, 4.69) is 49.8 Å². The van der Waals surface area contributed by atoms with E-state index in [4.69, 9.17) is 4.52 Å². The highest BCUT2D eigenvalue weighted by molar-refractivity contribution is 5.63. The summed E-state index contributed by atoms with van der Waals surface area (Å²) in [4.78, 5) is 2.35. The van der Waals surface area contributed by atoms with E-state index in [0.717, 1.165) is 42.4 Å². The summed E-state index contributed by atoms with van der Waals surface area (Å²) in [5, 5.41) is 16.6. The lowest BCUT2D eigenvalue weighted by Gasteiger charge is -2.25. The molecule has 0 saturated carbocycles. The lowest BCUT2D eigenvalue weighted by atomic mass is 10.0. The number of rotatable bonds is 5. The molecule has 0 fully saturated rings. The van der Waals surface area contributed by atoms with Crippen LogP contribution in [-0.2, 0) is 26.1 Å². The summed E-state index contributed by atoms with van der Waals surface area (Å²) in [7, 11) is 0. The van der Waals surface area contributed by atoms with Crippen molar-refractivity contribution in [3.05, 3.63) is 83.4 Å². The van der Waals surface area contributed by atoms with Crippen LogP contribution in [0, 0.1) is 0 Å². The number of nitrogens with zero attached hydrogens (tertiary/aromatic N) is 6. The Morgan fingerprint density at radius 3 is 2.54 bits per heavy atom. The van der Waals surface area contributed by atoms with Crippen molar-refractivity contribution in [3.63, 3.8) is 0 Å². The zero-order chi connectivity index (χ0) is 18.8. The highest BCUT2D eigenvalue weighted by Gasteiger charge is 2.26. The fourth-order valence-corrected chi connectivity index (χ4v) is 3.64. The Morgan fingerprint density at radius 2 is 1.71 bits per heavy atom. The van der Waals surface area contributed by atoms with E-state index < -0.39 is 0 Å². The maximum atomic E-state index is 5.61. The van der Waals surface area contributed by atoms with Gasteiger partial charge in [-0.25, -0.2) is 4.68 Å². The Morgan fingerprint density at radius 1 is 0.929 bits per heavy atom. The zero-order valence-corrected chi connectivity index (χ0v) is 15.4. The Bertz CT molecular complexity index is 1060. The minimum Gasteiger partial charge on any atom is -0.360 e. The number of aromatic nitrogens is 5. The molecule has 1 aliphatic rings. The third kappa shape index (κ3) is 3.32. The van der Waals surface area contributed by atoms with Crippen molar-refractivity contribution < 1.29 is 4.52 Å². The van der Waals surface area contributed by atoms with Crippen LogP contribution >= 0.6 is 0 Å². The van der Waals surface area contributed by atoms with Gasteiger partial charge in [0.05, 0.1) is 13.1 Å². The molecule has 140 valence electrons. The summed E-state index contributed by atoms with van der Waals surface area (Å²) < 4.78 is 7.48. The molecule has 4 aromatic rings. The molecule has 1 aliphatic heterocycles. The monoisotopic (exact) mass is 372 g/mol. The normalized spacial score (nSPS) is 14.1. The number of hydrogen-bond donors (Lipinski definition) is 0. The molecule has 0 spiro atoms. The van der Waals surface area contributed by atoms with Crippen LogP contribution in [0.2, 0.25) is 0 Å². The molecule has 2 aromatic heterocycles. The van der Waals surface area contributed by atoms with Crippen LogP contribution in [0.15, 0.2) is 65.2 Å². The summed E-state index contributed by atoms with van der Waals surface area (Å²) in [6, 6.07) is 20.4. The van der Waals surface area contributed by atoms with Gasteiger partial charge in [0.1, 0.15) is 11.5 Å². The number of tetrazole rings is 1. The molecule has 0 unspecified atom stereocenters. The van der Waals surface area contributed by atoms with E-state index in [1.807, 2.05) is 41.1 Å². The first-order valence-electron chi connectivity index (χ1n) is 9.41. The van der Waals surface area contributed by atoms with Gasteiger partial charge in [-0.15, -0.1) is 5.10 Å². The molecule has 28 heavy (non-hydrogen) atoms. The van der Waals surface area contributed by atoms with E-state index in [1.165, 1.54) is 11.1 Å². The summed E-state index contributed by atoms with van der Waals surface area (Å²) in [6.07, 6.45) is 0.843. The molecule has 5 rings (SSSR count). The van der Waals surface area contributed by atoms with Crippen LogP contribution in [0.3, 0.4) is 0 Å². The van der Waals surface area contributed by atoms with Gasteiger partial charge in [-0.2, -0.15) is 0 Å². The van der Waals surface area contributed by atoms with E-state index in [0.29, 0.717) is 13.1 Å². The van der Waals surface area contributed by atoms with Gasteiger partial charge < -0.3 is 4.52 Å². The fraction of sp³-hybridized carbons (Fsp3) is 0.238. The smallest absolute Gasteiger partial charge is 0.165 e. The van der Waals surface area contributed by atoms with Gasteiger partial charge in [0.15, 0.2) is 5.82 Å². The number of hydrogen-bond acceptors (Lipinski definition) is 6. The first-order valence-corrected chi connectivity index (χ1v) is 9.41. The highest BCUT2D eigenvalue weighted by Crippen LogP contribution is 2.30. The van der Waals surface area contributed by atoms with Gasteiger partial charge in [0.2, 0.25) is 0 Å². The number of fused-ring (bicyclic) bond motifs is 1. The van der Waals surface area contributed by atoms with E-state index >= 15 is 0 Å². The predicted octanol–water partition coefficient (Wildman–Crippen LogP) is 2.93. The molecular weight excluding hydrogens is 352 g/mol. The van der Waals surface area contributed by atoms with Gasteiger partial charge in [0, 0.05) is 30.6 Å². The second kappa shape index (κ2) is 7.36. The lowest BCUT2D eigenvalue weighted by Crippen LogP contribution is -2.31.